The van der Waals surface area contributed by atoms with E-state index in [-0.39, 0.29) is 11.9 Å². The van der Waals surface area contributed by atoms with Gasteiger partial charge in [0.25, 0.3) is 5.91 Å². The topological polar surface area (TPSA) is 88.1 Å². The molecule has 0 aliphatic carbocycles. The number of aromatic nitrogens is 2. The third-order valence-electron chi connectivity index (χ3n) is 5.24. The maximum absolute atomic E-state index is 12.7. The predicted octanol–water partition coefficient (Wildman–Crippen LogP) is 3.41. The van der Waals surface area contributed by atoms with Crippen LogP contribution < -0.4 is 5.73 Å². The first-order chi connectivity index (χ1) is 12.6. The quantitative estimate of drug-likeness (QED) is 0.753. The lowest BCUT2D eigenvalue weighted by Gasteiger charge is -2.32. The second kappa shape index (κ2) is 6.96. The van der Waals surface area contributed by atoms with Gasteiger partial charge in [-0.3, -0.25) is 4.79 Å². The number of aromatic amines is 1. The van der Waals surface area contributed by atoms with Crippen molar-refractivity contribution in [1.29, 1.82) is 0 Å². The van der Waals surface area contributed by atoms with E-state index in [9.17, 15) is 4.79 Å². The molecule has 136 valence electrons. The second-order valence-corrected chi connectivity index (χ2v) is 7.08. The predicted molar refractivity (Wildman–Crippen MR) is 99.8 cm³/mol. The number of H-pyrrole nitrogens is 1. The Morgan fingerprint density at radius 1 is 1.42 bits per heavy atom. The van der Waals surface area contributed by atoms with Crippen LogP contribution in [0.25, 0.3) is 10.9 Å². The zero-order valence-corrected chi connectivity index (χ0v) is 14.9. The van der Waals surface area contributed by atoms with Gasteiger partial charge in [0.1, 0.15) is 6.26 Å². The van der Waals surface area contributed by atoms with Gasteiger partial charge in [-0.05, 0) is 44.2 Å². The Hall–Kier alpha value is -2.60. The summed E-state index contributed by atoms with van der Waals surface area (Å²) in [6, 6.07) is 7.96. The molecule has 4 rings (SSSR count). The van der Waals surface area contributed by atoms with E-state index in [1.807, 2.05) is 29.3 Å². The summed E-state index contributed by atoms with van der Waals surface area (Å²) in [4.78, 5) is 22.2. The monoisotopic (exact) mass is 352 g/mol. The fraction of sp³-hybridized carbons (Fsp3) is 0.400. The van der Waals surface area contributed by atoms with Crippen LogP contribution in [0.15, 0.2) is 41.1 Å². The SMILES string of the molecule is CC1CCCCN1C(=O)c1coc(C(N)Cc2c[nH]c3ccccc23)n1. The molecule has 1 aliphatic rings. The number of fused-ring (bicyclic) bond motifs is 1. The smallest absolute Gasteiger partial charge is 0.276 e. The van der Waals surface area contributed by atoms with Gasteiger partial charge in [0.15, 0.2) is 5.69 Å². The molecule has 1 aliphatic heterocycles. The van der Waals surface area contributed by atoms with Crippen LogP contribution in [-0.4, -0.2) is 33.4 Å². The van der Waals surface area contributed by atoms with E-state index in [2.05, 4.69) is 23.0 Å². The number of nitrogens with two attached hydrogens (primary N) is 1. The fourth-order valence-electron chi connectivity index (χ4n) is 3.73. The number of carbonyl (C=O) groups is 1. The zero-order valence-electron chi connectivity index (χ0n) is 14.9. The summed E-state index contributed by atoms with van der Waals surface area (Å²) >= 11 is 0. The minimum atomic E-state index is -0.394. The van der Waals surface area contributed by atoms with Crippen molar-refractivity contribution in [1.82, 2.24) is 14.9 Å². The van der Waals surface area contributed by atoms with E-state index in [0.29, 0.717) is 18.0 Å². The van der Waals surface area contributed by atoms with Crippen LogP contribution >= 0.6 is 0 Å². The molecule has 2 unspecified atom stereocenters. The van der Waals surface area contributed by atoms with Crippen molar-refractivity contribution in [3.8, 4) is 0 Å². The minimum absolute atomic E-state index is 0.0634. The van der Waals surface area contributed by atoms with Crippen molar-refractivity contribution in [2.24, 2.45) is 5.73 Å². The van der Waals surface area contributed by atoms with E-state index < -0.39 is 6.04 Å². The number of piperidine rings is 1. The largest absolute Gasteiger partial charge is 0.446 e. The molecule has 2 atom stereocenters. The minimum Gasteiger partial charge on any atom is -0.446 e. The maximum atomic E-state index is 12.7. The van der Waals surface area contributed by atoms with Gasteiger partial charge >= 0.3 is 0 Å². The van der Waals surface area contributed by atoms with Crippen molar-refractivity contribution in [3.05, 3.63) is 53.9 Å². The average Bonchev–Trinajstić information content (AvgIpc) is 3.29. The summed E-state index contributed by atoms with van der Waals surface area (Å²) in [6.07, 6.45) is 7.25. The van der Waals surface area contributed by atoms with Gasteiger partial charge in [0.05, 0.1) is 6.04 Å². The molecule has 1 amide bonds. The summed E-state index contributed by atoms with van der Waals surface area (Å²) in [5.74, 6) is 0.342. The molecule has 6 heteroatoms. The van der Waals surface area contributed by atoms with Crippen LogP contribution in [0.2, 0.25) is 0 Å². The number of nitrogens with one attached hydrogen (secondary N) is 1. The molecule has 1 aromatic carbocycles. The number of oxazole rings is 1. The van der Waals surface area contributed by atoms with Crippen molar-refractivity contribution in [3.63, 3.8) is 0 Å². The van der Waals surface area contributed by atoms with Gasteiger partial charge < -0.3 is 20.0 Å². The molecular formula is C20H24N4O2. The normalized spacial score (nSPS) is 19.0. The molecule has 0 radical (unpaired) electrons. The standard InChI is InChI=1S/C20H24N4O2/c1-13-6-4-5-9-24(13)20(25)18-12-26-19(23-18)16(21)10-14-11-22-17-8-3-2-7-15(14)17/h2-3,7-8,11-13,16,22H,4-6,9-10,21H2,1H3. The number of para-hydroxylation sites is 1. The first-order valence-corrected chi connectivity index (χ1v) is 9.20. The fourth-order valence-corrected chi connectivity index (χ4v) is 3.73. The van der Waals surface area contributed by atoms with Crippen molar-refractivity contribution in [2.45, 2.75) is 44.7 Å². The van der Waals surface area contributed by atoms with Gasteiger partial charge in [-0.25, -0.2) is 4.98 Å². The highest BCUT2D eigenvalue weighted by atomic mass is 16.3. The molecule has 3 N–H and O–H groups in total. The lowest BCUT2D eigenvalue weighted by atomic mass is 10.0. The Morgan fingerprint density at radius 3 is 3.12 bits per heavy atom. The van der Waals surface area contributed by atoms with E-state index in [0.717, 1.165) is 35.9 Å². The first-order valence-electron chi connectivity index (χ1n) is 9.20. The number of carbonyl (C=O) groups excluding carboxylic acids is 1. The van der Waals surface area contributed by atoms with Gasteiger partial charge in [-0.2, -0.15) is 0 Å². The van der Waals surface area contributed by atoms with Crippen LogP contribution in [0.1, 0.15) is 54.2 Å². The Morgan fingerprint density at radius 2 is 2.27 bits per heavy atom. The molecule has 3 heterocycles. The summed E-state index contributed by atoms with van der Waals surface area (Å²) in [6.45, 7) is 2.87. The van der Waals surface area contributed by atoms with Crippen LogP contribution in [0.5, 0.6) is 0 Å². The van der Waals surface area contributed by atoms with Crippen LogP contribution in [0.3, 0.4) is 0 Å². The van der Waals surface area contributed by atoms with Crippen LogP contribution in [-0.2, 0) is 6.42 Å². The molecule has 0 spiro atoms. The highest BCUT2D eigenvalue weighted by molar-refractivity contribution is 5.92. The molecule has 6 nitrogen and oxygen atoms in total. The maximum Gasteiger partial charge on any atom is 0.276 e. The van der Waals surface area contributed by atoms with Gasteiger partial charge in [0, 0.05) is 29.7 Å². The highest BCUT2D eigenvalue weighted by Crippen LogP contribution is 2.24. The van der Waals surface area contributed by atoms with Crippen molar-refractivity contribution in [2.75, 3.05) is 6.54 Å². The summed E-state index contributed by atoms with van der Waals surface area (Å²) in [5.41, 5.74) is 8.85. The average molecular weight is 352 g/mol. The Labute approximate surface area is 152 Å². The van der Waals surface area contributed by atoms with Gasteiger partial charge in [-0.1, -0.05) is 18.2 Å². The molecule has 0 saturated carbocycles. The summed E-state index contributed by atoms with van der Waals surface area (Å²) in [7, 11) is 0. The number of hydrogen-bond donors (Lipinski definition) is 2. The third kappa shape index (κ3) is 3.12. The summed E-state index contributed by atoms with van der Waals surface area (Å²) in [5, 5.41) is 1.15. The lowest BCUT2D eigenvalue weighted by Crippen LogP contribution is -2.42. The number of rotatable bonds is 4. The molecule has 26 heavy (non-hydrogen) atoms. The number of hydrogen-bond acceptors (Lipinski definition) is 4. The molecule has 3 aromatic rings. The van der Waals surface area contributed by atoms with E-state index >= 15 is 0 Å². The molecule has 0 bridgehead atoms. The van der Waals surface area contributed by atoms with Crippen LogP contribution in [0, 0.1) is 0 Å². The molecule has 1 fully saturated rings. The van der Waals surface area contributed by atoms with Crippen molar-refractivity contribution < 1.29 is 9.21 Å². The number of amides is 1. The molecule has 1 saturated heterocycles. The Kier molecular flexibility index (Phi) is 4.51. The first kappa shape index (κ1) is 16.8. The zero-order chi connectivity index (χ0) is 18.1. The number of nitrogens with zero attached hydrogens (tertiary/aromatic N) is 2. The van der Waals surface area contributed by atoms with E-state index in [1.165, 1.54) is 12.7 Å². The Balaban J connectivity index is 1.49. The number of benzene rings is 1. The number of likely N-dealkylation sites (tertiary alicyclic amines) is 1. The molecular weight excluding hydrogens is 328 g/mol. The van der Waals surface area contributed by atoms with Gasteiger partial charge in [-0.15, -0.1) is 0 Å². The van der Waals surface area contributed by atoms with E-state index in [1.54, 1.807) is 0 Å². The van der Waals surface area contributed by atoms with Crippen LogP contribution in [0.4, 0.5) is 0 Å². The second-order valence-electron chi connectivity index (χ2n) is 7.08. The lowest BCUT2D eigenvalue weighted by molar-refractivity contribution is 0.0629. The third-order valence-corrected chi connectivity index (χ3v) is 5.24. The van der Waals surface area contributed by atoms with Gasteiger partial charge in [0.2, 0.25) is 5.89 Å². The summed E-state index contributed by atoms with van der Waals surface area (Å²) < 4.78 is 5.54. The Bertz CT molecular complexity index is 913. The van der Waals surface area contributed by atoms with Crippen molar-refractivity contribution >= 4 is 16.8 Å². The molecule has 2 aromatic heterocycles. The highest BCUT2D eigenvalue weighted by Gasteiger charge is 2.27. The van der Waals surface area contributed by atoms with E-state index in [4.69, 9.17) is 10.2 Å².